The predicted octanol–water partition coefficient (Wildman–Crippen LogP) is 2.76. The van der Waals surface area contributed by atoms with Crippen molar-refractivity contribution in [3.8, 4) is 17.2 Å². The van der Waals surface area contributed by atoms with E-state index < -0.39 is 18.2 Å². The number of nitrogens with one attached hydrogen (secondary N) is 1. The summed E-state index contributed by atoms with van der Waals surface area (Å²) in [6.45, 7) is 2.34. The van der Waals surface area contributed by atoms with Crippen molar-refractivity contribution in [2.75, 3.05) is 25.5 Å². The van der Waals surface area contributed by atoms with Gasteiger partial charge in [0.15, 0.2) is 11.5 Å². The summed E-state index contributed by atoms with van der Waals surface area (Å²) in [6.07, 6.45) is -1.07. The van der Waals surface area contributed by atoms with Crippen LogP contribution in [0.3, 0.4) is 0 Å². The van der Waals surface area contributed by atoms with Crippen LogP contribution in [0.2, 0.25) is 10.0 Å². The molecule has 5 N–H and O–H groups in total. The number of hydrogen-bond donors (Lipinski definition) is 4. The van der Waals surface area contributed by atoms with Crippen molar-refractivity contribution in [1.29, 1.82) is 0 Å². The molecule has 0 aliphatic carbocycles. The molecule has 0 radical (unpaired) electrons. The van der Waals surface area contributed by atoms with E-state index in [1.807, 2.05) is 19.1 Å². The van der Waals surface area contributed by atoms with Crippen LogP contribution in [0.1, 0.15) is 12.5 Å². The standard InChI is InChI=1S/C21H24Cl2N2O6/c1-11(4-12-2-3-17-18(5-12)30-10-19(31-17)21(27)28)25-8-13(26)9-29-14-6-15(22)20(24)16(23)7-14/h2-3,5-7,11,13,19,25-26H,4,8-10,24H2,1H3,(H,27,28)/t11-,13+,19-/m1/s1. The molecule has 0 bridgehead atoms. The van der Waals surface area contributed by atoms with E-state index in [9.17, 15) is 9.90 Å². The van der Waals surface area contributed by atoms with Crippen LogP contribution in [0.5, 0.6) is 17.2 Å². The van der Waals surface area contributed by atoms with Gasteiger partial charge < -0.3 is 35.5 Å². The molecule has 31 heavy (non-hydrogen) atoms. The van der Waals surface area contributed by atoms with Crippen LogP contribution >= 0.6 is 23.2 Å². The predicted molar refractivity (Wildman–Crippen MR) is 118 cm³/mol. The minimum atomic E-state index is -1.06. The van der Waals surface area contributed by atoms with E-state index in [2.05, 4.69) is 5.32 Å². The van der Waals surface area contributed by atoms with Crippen LogP contribution < -0.4 is 25.3 Å². The van der Waals surface area contributed by atoms with Crippen LogP contribution in [0.4, 0.5) is 5.69 Å². The third-order valence-electron chi connectivity index (χ3n) is 4.68. The van der Waals surface area contributed by atoms with E-state index in [0.717, 1.165) is 5.56 Å². The van der Waals surface area contributed by atoms with Crippen molar-refractivity contribution in [1.82, 2.24) is 5.32 Å². The SMILES string of the molecule is C[C@H](Cc1ccc2c(c1)OC[C@H](C(=O)O)O2)NC[C@H](O)COc1cc(Cl)c(N)c(Cl)c1. The number of ether oxygens (including phenoxy) is 3. The quantitative estimate of drug-likeness (QED) is 0.412. The minimum absolute atomic E-state index is 0.0315. The first-order chi connectivity index (χ1) is 14.7. The number of anilines is 1. The number of halogens is 2. The van der Waals surface area contributed by atoms with Gasteiger partial charge in [0.05, 0.1) is 15.7 Å². The average Bonchev–Trinajstić information content (AvgIpc) is 2.74. The number of rotatable bonds is 9. The molecule has 0 fully saturated rings. The van der Waals surface area contributed by atoms with Gasteiger partial charge in [-0.3, -0.25) is 0 Å². The summed E-state index contributed by atoms with van der Waals surface area (Å²) in [4.78, 5) is 11.0. The summed E-state index contributed by atoms with van der Waals surface area (Å²) in [7, 11) is 0. The van der Waals surface area contributed by atoms with Crippen molar-refractivity contribution < 1.29 is 29.2 Å². The molecule has 8 nitrogen and oxygen atoms in total. The molecule has 168 valence electrons. The highest BCUT2D eigenvalue weighted by Gasteiger charge is 2.27. The Morgan fingerprint density at radius 1 is 1.29 bits per heavy atom. The van der Waals surface area contributed by atoms with Gasteiger partial charge in [-0.1, -0.05) is 29.3 Å². The normalized spacial score (nSPS) is 17.1. The number of carboxylic acids is 1. The van der Waals surface area contributed by atoms with E-state index in [-0.39, 0.29) is 24.9 Å². The first-order valence-electron chi connectivity index (χ1n) is 9.67. The molecule has 3 rings (SSSR count). The number of aliphatic carboxylic acids is 1. The lowest BCUT2D eigenvalue weighted by Crippen LogP contribution is -2.37. The fourth-order valence-electron chi connectivity index (χ4n) is 3.02. The van der Waals surface area contributed by atoms with E-state index in [0.29, 0.717) is 40.3 Å². The van der Waals surface area contributed by atoms with Gasteiger partial charge in [-0.15, -0.1) is 0 Å². The molecule has 1 aliphatic rings. The topological polar surface area (TPSA) is 123 Å². The summed E-state index contributed by atoms with van der Waals surface area (Å²) in [5, 5.41) is 23.0. The van der Waals surface area contributed by atoms with Gasteiger partial charge in [-0.05, 0) is 31.0 Å². The Morgan fingerprint density at radius 3 is 2.68 bits per heavy atom. The molecule has 0 unspecified atom stereocenters. The smallest absolute Gasteiger partial charge is 0.348 e. The van der Waals surface area contributed by atoms with Crippen molar-refractivity contribution in [2.45, 2.75) is 31.6 Å². The highest BCUT2D eigenvalue weighted by atomic mass is 35.5. The Hall–Kier alpha value is -2.39. The van der Waals surface area contributed by atoms with Crippen molar-refractivity contribution in [2.24, 2.45) is 0 Å². The number of carboxylic acid groups (broad SMARTS) is 1. The maximum absolute atomic E-state index is 11.0. The Kier molecular flexibility index (Phi) is 7.72. The maximum atomic E-state index is 11.0. The van der Waals surface area contributed by atoms with Crippen LogP contribution in [-0.2, 0) is 11.2 Å². The molecule has 0 saturated carbocycles. The van der Waals surface area contributed by atoms with Crippen molar-refractivity contribution >= 4 is 34.9 Å². The molecule has 2 aromatic carbocycles. The lowest BCUT2D eigenvalue weighted by molar-refractivity contribution is -0.147. The Morgan fingerprint density at radius 2 is 2.00 bits per heavy atom. The molecule has 10 heteroatoms. The number of carbonyl (C=O) groups is 1. The van der Waals surface area contributed by atoms with Gasteiger partial charge in [0.1, 0.15) is 25.1 Å². The first-order valence-corrected chi connectivity index (χ1v) is 10.4. The van der Waals surface area contributed by atoms with E-state index >= 15 is 0 Å². The number of hydrogen-bond acceptors (Lipinski definition) is 7. The van der Waals surface area contributed by atoms with Crippen LogP contribution in [-0.4, -0.2) is 54.2 Å². The lowest BCUT2D eigenvalue weighted by Gasteiger charge is -2.24. The third kappa shape index (κ3) is 6.30. The summed E-state index contributed by atoms with van der Waals surface area (Å²) in [5.41, 5.74) is 6.97. The first kappa shape index (κ1) is 23.3. The zero-order valence-electron chi connectivity index (χ0n) is 16.8. The summed E-state index contributed by atoms with van der Waals surface area (Å²) in [6, 6.07) is 8.55. The van der Waals surface area contributed by atoms with Crippen molar-refractivity contribution in [3.63, 3.8) is 0 Å². The Balaban J connectivity index is 1.45. The Labute approximate surface area is 189 Å². The zero-order valence-corrected chi connectivity index (χ0v) is 18.3. The van der Waals surface area contributed by atoms with Gasteiger partial charge in [-0.25, -0.2) is 4.79 Å². The minimum Gasteiger partial charge on any atom is -0.491 e. The molecule has 0 saturated heterocycles. The monoisotopic (exact) mass is 470 g/mol. The fraction of sp³-hybridized carbons (Fsp3) is 0.381. The summed E-state index contributed by atoms with van der Waals surface area (Å²) >= 11 is 11.9. The van der Waals surface area contributed by atoms with Gasteiger partial charge in [0.25, 0.3) is 0 Å². The molecule has 2 aromatic rings. The number of aliphatic hydroxyl groups excluding tert-OH is 1. The summed E-state index contributed by atoms with van der Waals surface area (Å²) < 4.78 is 16.4. The highest BCUT2D eigenvalue weighted by Crippen LogP contribution is 2.33. The number of nitrogens with two attached hydrogens (primary N) is 1. The van der Waals surface area contributed by atoms with Crippen LogP contribution in [0.25, 0.3) is 0 Å². The number of aliphatic hydroxyl groups is 1. The maximum Gasteiger partial charge on any atom is 0.348 e. The number of benzene rings is 2. The van der Waals surface area contributed by atoms with Gasteiger partial charge >= 0.3 is 5.97 Å². The molecular weight excluding hydrogens is 447 g/mol. The summed E-state index contributed by atoms with van der Waals surface area (Å²) in [5.74, 6) is 0.310. The van der Waals surface area contributed by atoms with E-state index in [1.165, 1.54) is 0 Å². The second-order valence-electron chi connectivity index (χ2n) is 7.32. The third-order valence-corrected chi connectivity index (χ3v) is 5.31. The van der Waals surface area contributed by atoms with Gasteiger partial charge in [-0.2, -0.15) is 0 Å². The zero-order chi connectivity index (χ0) is 22.5. The molecule has 0 amide bonds. The van der Waals surface area contributed by atoms with E-state index in [1.54, 1.807) is 18.2 Å². The van der Waals surface area contributed by atoms with Crippen LogP contribution in [0, 0.1) is 0 Å². The fourth-order valence-corrected chi connectivity index (χ4v) is 3.49. The van der Waals surface area contributed by atoms with Gasteiger partial charge in [0.2, 0.25) is 6.10 Å². The average molecular weight is 471 g/mol. The second-order valence-corrected chi connectivity index (χ2v) is 8.13. The highest BCUT2D eigenvalue weighted by molar-refractivity contribution is 6.39. The van der Waals surface area contributed by atoms with Crippen LogP contribution in [0.15, 0.2) is 30.3 Å². The second kappa shape index (κ2) is 10.3. The molecule has 0 spiro atoms. The Bertz CT molecular complexity index is 919. The lowest BCUT2D eigenvalue weighted by atomic mass is 10.1. The molecular formula is C21H24Cl2N2O6. The number of nitrogen functional groups attached to an aromatic ring is 1. The largest absolute Gasteiger partial charge is 0.491 e. The molecule has 1 heterocycles. The van der Waals surface area contributed by atoms with Crippen molar-refractivity contribution in [3.05, 3.63) is 45.9 Å². The molecule has 1 aliphatic heterocycles. The van der Waals surface area contributed by atoms with E-state index in [4.69, 9.17) is 48.3 Å². The van der Waals surface area contributed by atoms with Gasteiger partial charge in [0, 0.05) is 24.7 Å². The molecule has 3 atom stereocenters. The number of fused-ring (bicyclic) bond motifs is 1. The molecule has 0 aromatic heterocycles.